The zero-order valence-corrected chi connectivity index (χ0v) is 24.0. The van der Waals surface area contributed by atoms with Crippen LogP contribution in [0.25, 0.3) is 0 Å². The molecule has 212 valence electrons. The number of halogens is 8. The van der Waals surface area contributed by atoms with Gasteiger partial charge in [-0.2, -0.15) is 23.7 Å². The Labute approximate surface area is 246 Å². The van der Waals surface area contributed by atoms with E-state index in [0.29, 0.717) is 23.3 Å². The number of amides is 2. The Morgan fingerprint density at radius 2 is 1.44 bits per heavy atom. The summed E-state index contributed by atoms with van der Waals surface area (Å²) in [6.45, 7) is 1.41. The predicted molar refractivity (Wildman–Crippen MR) is 144 cm³/mol. The van der Waals surface area contributed by atoms with Crippen molar-refractivity contribution in [2.75, 3.05) is 10.6 Å². The van der Waals surface area contributed by atoms with Gasteiger partial charge >= 0.3 is 6.18 Å². The number of nitrogens with one attached hydrogen (secondary N) is 2. The van der Waals surface area contributed by atoms with Crippen molar-refractivity contribution in [1.82, 2.24) is 0 Å². The van der Waals surface area contributed by atoms with Crippen LogP contribution in [0.4, 0.5) is 37.7 Å². The van der Waals surface area contributed by atoms with Crippen LogP contribution in [0.1, 0.15) is 49.9 Å². The molecule has 0 saturated heterocycles. The summed E-state index contributed by atoms with van der Waals surface area (Å²) in [6, 6.07) is 12.8. The number of carbonyl (C=O) groups excluding carboxylic acids is 2. The summed E-state index contributed by atoms with van der Waals surface area (Å²) in [4.78, 5) is 25.8. The van der Waals surface area contributed by atoms with E-state index < -0.39 is 35.1 Å². The van der Waals surface area contributed by atoms with E-state index in [4.69, 9.17) is 5.26 Å². The van der Waals surface area contributed by atoms with Gasteiger partial charge in [-0.05, 0) is 92.9 Å². The van der Waals surface area contributed by atoms with E-state index in [0.717, 1.165) is 0 Å². The van der Waals surface area contributed by atoms with E-state index in [9.17, 15) is 41.2 Å². The topological polar surface area (TPSA) is 106 Å². The molecule has 0 radical (unpaired) electrons. The first-order valence-electron chi connectivity index (χ1n) is 11.2. The molecule has 0 saturated carbocycles. The summed E-state index contributed by atoms with van der Waals surface area (Å²) in [5.74, 6) is -6.33. The molecular formula is C27H16Br2F6N4O2. The highest BCUT2D eigenvalue weighted by Crippen LogP contribution is 2.53. The zero-order valence-electron chi connectivity index (χ0n) is 20.9. The molecule has 3 aromatic carbocycles. The van der Waals surface area contributed by atoms with Crippen molar-refractivity contribution >= 4 is 55.0 Å². The summed E-state index contributed by atoms with van der Waals surface area (Å²) >= 11 is 5.79. The third-order valence-electron chi connectivity index (χ3n) is 5.92. The Kier molecular flexibility index (Phi) is 8.91. The number of nitriles is 2. The molecule has 2 amide bonds. The van der Waals surface area contributed by atoms with Crippen LogP contribution >= 0.6 is 31.9 Å². The summed E-state index contributed by atoms with van der Waals surface area (Å²) in [5, 5.41) is 23.4. The highest BCUT2D eigenvalue weighted by molar-refractivity contribution is 9.11. The minimum Gasteiger partial charge on any atom is -0.321 e. The van der Waals surface area contributed by atoms with E-state index in [-0.39, 0.29) is 43.9 Å². The number of alkyl halides is 6. The van der Waals surface area contributed by atoms with Crippen LogP contribution in [0.15, 0.2) is 57.5 Å². The molecule has 1 atom stereocenters. The van der Waals surface area contributed by atoms with E-state index in [1.807, 2.05) is 12.1 Å². The summed E-state index contributed by atoms with van der Waals surface area (Å²) < 4.78 is 82.1. The lowest BCUT2D eigenvalue weighted by Gasteiger charge is -2.33. The molecule has 0 aliphatic heterocycles. The standard InChI is InChI=1S/C27H16Br2F6N4O2/c1-13-7-14(11-36)3-6-18(13)24(41)38-21-8-15(4-5-16(21)12-37)23(40)39-22-19(28)9-17(10-20(22)29)26(32,25(2,30)31)27(33,34)35/h3-10H,1-2H3,(H,38,41)(H,39,40). The van der Waals surface area contributed by atoms with E-state index in [1.54, 1.807) is 6.92 Å². The lowest BCUT2D eigenvalue weighted by atomic mass is 9.89. The van der Waals surface area contributed by atoms with Crippen molar-refractivity contribution < 1.29 is 35.9 Å². The maximum Gasteiger partial charge on any atom is 0.432 e. The quantitative estimate of drug-likeness (QED) is 0.253. The second kappa shape index (κ2) is 11.5. The third-order valence-corrected chi connectivity index (χ3v) is 7.18. The maximum absolute atomic E-state index is 14.9. The minimum absolute atomic E-state index is 0.000146. The molecule has 0 heterocycles. The molecule has 0 aliphatic carbocycles. The normalized spacial score (nSPS) is 13.0. The monoisotopic (exact) mass is 700 g/mol. The number of nitrogens with zero attached hydrogens (tertiary/aromatic N) is 2. The number of carbonyl (C=O) groups is 2. The first-order valence-corrected chi connectivity index (χ1v) is 12.8. The van der Waals surface area contributed by atoms with Gasteiger partial charge in [-0.15, -0.1) is 0 Å². The van der Waals surface area contributed by atoms with Crippen LogP contribution in [-0.4, -0.2) is 23.9 Å². The van der Waals surface area contributed by atoms with Gasteiger partial charge in [-0.25, -0.2) is 13.2 Å². The lowest BCUT2D eigenvalue weighted by Crippen LogP contribution is -2.51. The molecule has 0 bridgehead atoms. The van der Waals surface area contributed by atoms with E-state index >= 15 is 0 Å². The first kappa shape index (κ1) is 31.6. The van der Waals surface area contributed by atoms with E-state index in [1.165, 1.54) is 36.4 Å². The van der Waals surface area contributed by atoms with Crippen LogP contribution in [0, 0.1) is 29.6 Å². The van der Waals surface area contributed by atoms with Gasteiger partial charge in [-0.3, -0.25) is 9.59 Å². The van der Waals surface area contributed by atoms with Gasteiger partial charge in [0.25, 0.3) is 23.4 Å². The van der Waals surface area contributed by atoms with Gasteiger partial charge < -0.3 is 10.6 Å². The Morgan fingerprint density at radius 1 is 0.829 bits per heavy atom. The first-order chi connectivity index (χ1) is 18.9. The molecule has 6 nitrogen and oxygen atoms in total. The average molecular weight is 702 g/mol. The summed E-state index contributed by atoms with van der Waals surface area (Å²) in [5.41, 5.74) is -5.76. The number of benzene rings is 3. The maximum atomic E-state index is 14.9. The molecule has 0 aliphatic rings. The van der Waals surface area contributed by atoms with Gasteiger partial charge in [0.15, 0.2) is 0 Å². The predicted octanol–water partition coefficient (Wildman–Crippen LogP) is 8.15. The highest BCUT2D eigenvalue weighted by atomic mass is 79.9. The van der Waals surface area contributed by atoms with Gasteiger partial charge in [0.2, 0.25) is 0 Å². The number of aryl methyl sites for hydroxylation is 1. The molecule has 0 fully saturated rings. The highest BCUT2D eigenvalue weighted by Gasteiger charge is 2.70. The van der Waals surface area contributed by atoms with Crippen molar-refractivity contribution in [1.29, 1.82) is 10.5 Å². The second-order valence-electron chi connectivity index (χ2n) is 8.78. The fourth-order valence-corrected chi connectivity index (χ4v) is 5.19. The van der Waals surface area contributed by atoms with Crippen LogP contribution in [-0.2, 0) is 5.67 Å². The summed E-state index contributed by atoms with van der Waals surface area (Å²) in [7, 11) is 0. The van der Waals surface area contributed by atoms with Gasteiger partial charge in [-0.1, -0.05) is 0 Å². The molecule has 1 unspecified atom stereocenters. The molecule has 41 heavy (non-hydrogen) atoms. The zero-order chi connectivity index (χ0) is 30.9. The van der Waals surface area contributed by atoms with Crippen LogP contribution in [0.2, 0.25) is 0 Å². The number of hydrogen-bond acceptors (Lipinski definition) is 4. The fraction of sp³-hybridized carbons (Fsp3) is 0.185. The third kappa shape index (κ3) is 6.24. The molecule has 2 N–H and O–H groups in total. The molecule has 0 aromatic heterocycles. The van der Waals surface area contributed by atoms with Gasteiger partial charge in [0, 0.05) is 32.6 Å². The SMILES string of the molecule is Cc1cc(C#N)ccc1C(=O)Nc1cc(C(=O)Nc2c(Br)cc(C(F)(C(C)(F)F)C(F)(F)F)cc2Br)ccc1C#N. The molecular weight excluding hydrogens is 686 g/mol. The molecule has 0 spiro atoms. The van der Waals surface area contributed by atoms with Crippen molar-refractivity contribution in [2.45, 2.75) is 31.6 Å². The number of rotatable bonds is 6. The Bertz CT molecular complexity index is 1600. The number of anilines is 2. The molecule has 3 rings (SSSR count). The van der Waals surface area contributed by atoms with Crippen LogP contribution < -0.4 is 10.6 Å². The van der Waals surface area contributed by atoms with Gasteiger partial charge in [0.05, 0.1) is 28.6 Å². The Morgan fingerprint density at radius 3 is 1.93 bits per heavy atom. The number of hydrogen-bond donors (Lipinski definition) is 2. The molecule has 14 heteroatoms. The largest absolute Gasteiger partial charge is 0.432 e. The smallest absolute Gasteiger partial charge is 0.321 e. The van der Waals surface area contributed by atoms with Crippen LogP contribution in [0.3, 0.4) is 0 Å². The average Bonchev–Trinajstić information content (AvgIpc) is 2.88. The van der Waals surface area contributed by atoms with Gasteiger partial charge in [0.1, 0.15) is 6.07 Å². The fourth-order valence-electron chi connectivity index (χ4n) is 3.81. The van der Waals surface area contributed by atoms with Crippen molar-refractivity contribution in [3.05, 3.63) is 90.9 Å². The Hall–Kier alpha value is -3.88. The second-order valence-corrected chi connectivity index (χ2v) is 10.5. The van der Waals surface area contributed by atoms with Crippen LogP contribution in [0.5, 0.6) is 0 Å². The van der Waals surface area contributed by atoms with Crippen molar-refractivity contribution in [2.24, 2.45) is 0 Å². The summed E-state index contributed by atoms with van der Waals surface area (Å²) in [6.07, 6.45) is -5.96. The minimum atomic E-state index is -5.96. The molecule has 3 aromatic rings. The van der Waals surface area contributed by atoms with E-state index in [2.05, 4.69) is 42.5 Å². The Balaban J connectivity index is 1.94. The van der Waals surface area contributed by atoms with Crippen molar-refractivity contribution in [3.63, 3.8) is 0 Å². The van der Waals surface area contributed by atoms with Crippen molar-refractivity contribution in [3.8, 4) is 12.1 Å². The lowest BCUT2D eigenvalue weighted by molar-refractivity contribution is -0.304.